The molecule has 10 heteroatoms. The van der Waals surface area contributed by atoms with E-state index in [1.165, 1.54) is 4.31 Å². The van der Waals surface area contributed by atoms with Crippen molar-refractivity contribution in [3.05, 3.63) is 54.1 Å². The highest BCUT2D eigenvalue weighted by molar-refractivity contribution is 7.92. The highest BCUT2D eigenvalue weighted by Crippen LogP contribution is 2.34. The summed E-state index contributed by atoms with van der Waals surface area (Å²) >= 11 is 0. The Balaban J connectivity index is 1.72. The van der Waals surface area contributed by atoms with E-state index in [9.17, 15) is 18.0 Å². The van der Waals surface area contributed by atoms with Crippen molar-refractivity contribution in [3.63, 3.8) is 0 Å². The van der Waals surface area contributed by atoms with Gasteiger partial charge < -0.3 is 19.7 Å². The van der Waals surface area contributed by atoms with Crippen molar-refractivity contribution in [1.29, 1.82) is 0 Å². The molecular weight excluding hydrogens is 506 g/mol. The van der Waals surface area contributed by atoms with E-state index in [0.29, 0.717) is 56.2 Å². The Morgan fingerprint density at radius 2 is 1.68 bits per heavy atom. The molecule has 0 unspecified atom stereocenters. The Bertz CT molecular complexity index is 1190. The molecule has 0 bridgehead atoms. The van der Waals surface area contributed by atoms with Gasteiger partial charge in [-0.05, 0) is 50.8 Å². The number of benzene rings is 2. The topological polar surface area (TPSA) is 105 Å². The number of carbonyl (C=O) groups is 2. The van der Waals surface area contributed by atoms with Gasteiger partial charge in [-0.2, -0.15) is 0 Å². The van der Waals surface area contributed by atoms with Crippen molar-refractivity contribution in [2.24, 2.45) is 0 Å². The van der Waals surface area contributed by atoms with Crippen LogP contribution in [0.1, 0.15) is 45.6 Å². The van der Waals surface area contributed by atoms with E-state index in [0.717, 1.165) is 11.8 Å². The Morgan fingerprint density at radius 1 is 1.00 bits per heavy atom. The minimum Gasteiger partial charge on any atom is -0.486 e. The number of ether oxygens (including phenoxy) is 2. The van der Waals surface area contributed by atoms with Crippen molar-refractivity contribution in [3.8, 4) is 11.5 Å². The lowest BCUT2D eigenvalue weighted by molar-refractivity contribution is -0.141. The summed E-state index contributed by atoms with van der Waals surface area (Å²) in [6.07, 6.45) is 2.64. The fourth-order valence-electron chi connectivity index (χ4n) is 4.47. The second-order valence-corrected chi connectivity index (χ2v) is 11.6. The molecule has 0 spiro atoms. The van der Waals surface area contributed by atoms with Gasteiger partial charge in [0.05, 0.1) is 11.9 Å². The number of rotatable bonds is 13. The maximum absolute atomic E-state index is 13.5. The largest absolute Gasteiger partial charge is 0.486 e. The van der Waals surface area contributed by atoms with E-state index in [1.54, 1.807) is 23.1 Å². The lowest BCUT2D eigenvalue weighted by Crippen LogP contribution is -2.51. The fourth-order valence-corrected chi connectivity index (χ4v) is 5.42. The minimum atomic E-state index is -3.61. The van der Waals surface area contributed by atoms with E-state index in [1.807, 2.05) is 51.1 Å². The smallest absolute Gasteiger partial charge is 0.242 e. The Hall–Kier alpha value is -3.27. The average Bonchev–Trinajstić information content (AvgIpc) is 2.88. The number of nitrogens with zero attached hydrogens (tertiary/aromatic N) is 2. The number of fused-ring (bicyclic) bond motifs is 1. The number of anilines is 1. The first-order valence-corrected chi connectivity index (χ1v) is 15.0. The SMILES string of the molecule is CC[C@H](C(=O)NC(C)C)N(CCc1ccccc1)C(=O)CCCN(c1ccc2c(c1)OCCO2)S(C)(=O)=O. The van der Waals surface area contributed by atoms with Gasteiger partial charge in [0.25, 0.3) is 0 Å². The molecule has 1 heterocycles. The first kappa shape index (κ1) is 29.3. The van der Waals surface area contributed by atoms with E-state index in [2.05, 4.69) is 5.32 Å². The monoisotopic (exact) mass is 545 g/mol. The number of hydrogen-bond donors (Lipinski definition) is 1. The van der Waals surface area contributed by atoms with Gasteiger partial charge in [0, 0.05) is 31.6 Å². The molecule has 3 rings (SSSR count). The molecular formula is C28H39N3O6S. The van der Waals surface area contributed by atoms with Crippen molar-refractivity contribution in [1.82, 2.24) is 10.2 Å². The maximum Gasteiger partial charge on any atom is 0.242 e. The molecule has 9 nitrogen and oxygen atoms in total. The molecule has 208 valence electrons. The van der Waals surface area contributed by atoms with E-state index in [-0.39, 0.29) is 30.8 Å². The molecule has 2 aromatic rings. The molecule has 0 saturated carbocycles. The summed E-state index contributed by atoms with van der Waals surface area (Å²) in [5, 5.41) is 2.93. The summed E-state index contributed by atoms with van der Waals surface area (Å²) in [4.78, 5) is 28.0. The van der Waals surface area contributed by atoms with Crippen LogP contribution in [0.15, 0.2) is 48.5 Å². The van der Waals surface area contributed by atoms with Crippen LogP contribution < -0.4 is 19.1 Å². The molecule has 0 radical (unpaired) electrons. The number of amides is 2. The summed E-state index contributed by atoms with van der Waals surface area (Å²) in [5.74, 6) is 0.704. The van der Waals surface area contributed by atoms with Crippen LogP contribution in [0.3, 0.4) is 0 Å². The summed E-state index contributed by atoms with van der Waals surface area (Å²) in [6.45, 7) is 7.01. The third-order valence-corrected chi connectivity index (χ3v) is 7.46. The summed E-state index contributed by atoms with van der Waals surface area (Å²) in [7, 11) is -3.61. The van der Waals surface area contributed by atoms with Crippen molar-refractivity contribution < 1.29 is 27.5 Å². The average molecular weight is 546 g/mol. The molecule has 0 aromatic heterocycles. The molecule has 2 amide bonds. The lowest BCUT2D eigenvalue weighted by Gasteiger charge is -2.31. The van der Waals surface area contributed by atoms with E-state index < -0.39 is 16.1 Å². The van der Waals surface area contributed by atoms with Crippen LogP contribution in [0.4, 0.5) is 5.69 Å². The van der Waals surface area contributed by atoms with Crippen LogP contribution in [0.5, 0.6) is 11.5 Å². The number of sulfonamides is 1. The van der Waals surface area contributed by atoms with Crippen LogP contribution in [0.2, 0.25) is 0 Å². The number of nitrogens with one attached hydrogen (secondary N) is 1. The number of carbonyl (C=O) groups excluding carboxylic acids is 2. The lowest BCUT2D eigenvalue weighted by atomic mass is 10.1. The highest BCUT2D eigenvalue weighted by atomic mass is 32.2. The zero-order chi connectivity index (χ0) is 27.7. The van der Waals surface area contributed by atoms with Gasteiger partial charge in [-0.3, -0.25) is 13.9 Å². The molecule has 0 fully saturated rings. The van der Waals surface area contributed by atoms with Crippen LogP contribution >= 0.6 is 0 Å². The molecule has 2 aromatic carbocycles. The molecule has 1 aliphatic heterocycles. The summed E-state index contributed by atoms with van der Waals surface area (Å²) in [5.41, 5.74) is 1.53. The Morgan fingerprint density at radius 3 is 2.32 bits per heavy atom. The van der Waals surface area contributed by atoms with Crippen molar-refractivity contribution >= 4 is 27.5 Å². The maximum atomic E-state index is 13.5. The van der Waals surface area contributed by atoms with Crippen LogP contribution in [0, 0.1) is 0 Å². The quantitative estimate of drug-likeness (QED) is 0.414. The predicted molar refractivity (Wildman–Crippen MR) is 148 cm³/mol. The van der Waals surface area contributed by atoms with Gasteiger partial charge in [-0.25, -0.2) is 8.42 Å². The number of hydrogen-bond acceptors (Lipinski definition) is 6. The summed E-state index contributed by atoms with van der Waals surface area (Å²) < 4.78 is 37.7. The molecule has 0 aliphatic carbocycles. The summed E-state index contributed by atoms with van der Waals surface area (Å²) in [6, 6.07) is 14.2. The van der Waals surface area contributed by atoms with Gasteiger partial charge in [-0.15, -0.1) is 0 Å². The first-order valence-electron chi connectivity index (χ1n) is 13.1. The molecule has 38 heavy (non-hydrogen) atoms. The standard InChI is InChI=1S/C28H39N3O6S/c1-5-24(28(33)29-21(2)3)30(17-15-22-10-7-6-8-11-22)27(32)12-9-16-31(38(4,34)35)23-13-14-25-26(20-23)37-19-18-36-25/h6-8,10-11,13-14,20-21,24H,5,9,12,15-19H2,1-4H3,(H,29,33)/t24-/m1/s1. The second kappa shape index (κ2) is 13.5. The van der Waals surface area contributed by atoms with Crippen LogP contribution in [0.25, 0.3) is 0 Å². The first-order chi connectivity index (χ1) is 18.1. The van der Waals surface area contributed by atoms with Crippen LogP contribution in [-0.4, -0.2) is 69.8 Å². The van der Waals surface area contributed by atoms with E-state index >= 15 is 0 Å². The van der Waals surface area contributed by atoms with Gasteiger partial charge in [0.1, 0.15) is 19.3 Å². The van der Waals surface area contributed by atoms with E-state index in [4.69, 9.17) is 9.47 Å². The van der Waals surface area contributed by atoms with Gasteiger partial charge in [-0.1, -0.05) is 37.3 Å². The molecule has 1 atom stereocenters. The predicted octanol–water partition coefficient (Wildman–Crippen LogP) is 3.38. The Kier molecular flexibility index (Phi) is 10.4. The molecule has 0 saturated heterocycles. The normalized spacial score (nSPS) is 13.6. The van der Waals surface area contributed by atoms with Gasteiger partial charge in [0.2, 0.25) is 21.8 Å². The van der Waals surface area contributed by atoms with Gasteiger partial charge in [0.15, 0.2) is 11.5 Å². The molecule has 1 aliphatic rings. The third-order valence-electron chi connectivity index (χ3n) is 6.27. The third kappa shape index (κ3) is 8.11. The molecule has 1 N–H and O–H groups in total. The zero-order valence-electron chi connectivity index (χ0n) is 22.7. The highest BCUT2D eigenvalue weighted by Gasteiger charge is 2.29. The zero-order valence-corrected chi connectivity index (χ0v) is 23.5. The van der Waals surface area contributed by atoms with Gasteiger partial charge >= 0.3 is 0 Å². The van der Waals surface area contributed by atoms with Crippen molar-refractivity contribution in [2.75, 3.05) is 36.9 Å². The second-order valence-electron chi connectivity index (χ2n) is 9.68. The van der Waals surface area contributed by atoms with Crippen molar-refractivity contribution in [2.45, 2.75) is 58.5 Å². The Labute approximate surface area is 226 Å². The van der Waals surface area contributed by atoms with Crippen LogP contribution in [-0.2, 0) is 26.0 Å². The fraction of sp³-hybridized carbons (Fsp3) is 0.500. The minimum absolute atomic E-state index is 0.0445.